The van der Waals surface area contributed by atoms with Crippen LogP contribution in [0.3, 0.4) is 0 Å². The lowest BCUT2D eigenvalue weighted by atomic mass is 10.1. The highest BCUT2D eigenvalue weighted by molar-refractivity contribution is 7.11. The van der Waals surface area contributed by atoms with Crippen molar-refractivity contribution in [3.8, 4) is 0 Å². The van der Waals surface area contributed by atoms with Gasteiger partial charge in [0.2, 0.25) is 5.91 Å². The molecule has 1 heterocycles. The third kappa shape index (κ3) is 5.20. The van der Waals surface area contributed by atoms with Gasteiger partial charge in [0.25, 0.3) is 0 Å². The lowest BCUT2D eigenvalue weighted by molar-refractivity contribution is -0.124. The third-order valence-corrected chi connectivity index (χ3v) is 4.69. The normalized spacial score (nSPS) is 20.9. The van der Waals surface area contributed by atoms with E-state index < -0.39 is 0 Å². The molecule has 0 saturated heterocycles. The molecule has 1 aliphatic rings. The second kappa shape index (κ2) is 8.82. The average Bonchev–Trinajstić information content (AvgIpc) is 2.87. The second-order valence-corrected chi connectivity index (χ2v) is 6.35. The van der Waals surface area contributed by atoms with Crippen molar-refractivity contribution in [1.82, 2.24) is 10.3 Å². The number of amides is 1. The van der Waals surface area contributed by atoms with E-state index in [0.29, 0.717) is 6.54 Å². The largest absolute Gasteiger partial charge is 0.355 e. The maximum atomic E-state index is 11.9. The molecule has 0 radical (unpaired) electrons. The highest BCUT2D eigenvalue weighted by Gasteiger charge is 2.27. The number of carbonyl (C=O) groups excluding carboxylic acids is 1. The van der Waals surface area contributed by atoms with Gasteiger partial charge < -0.3 is 11.1 Å². The minimum Gasteiger partial charge on any atom is -0.355 e. The Morgan fingerprint density at radius 1 is 1.40 bits per heavy atom. The quantitative estimate of drug-likeness (QED) is 0.884. The van der Waals surface area contributed by atoms with E-state index in [1.165, 1.54) is 4.88 Å². The van der Waals surface area contributed by atoms with Crippen molar-refractivity contribution in [2.75, 3.05) is 6.54 Å². The van der Waals surface area contributed by atoms with Crippen LogP contribution in [-0.4, -0.2) is 23.5 Å². The smallest absolute Gasteiger partial charge is 0.223 e. The predicted molar refractivity (Wildman–Crippen MR) is 88.1 cm³/mol. The lowest BCUT2D eigenvalue weighted by Gasteiger charge is -2.09. The van der Waals surface area contributed by atoms with E-state index in [9.17, 15) is 4.79 Å². The first-order chi connectivity index (χ1) is 8.56. The SMILES string of the molecule is Cc1nc(CCNC(=O)C2CCC(N)C2)sc1C.Cl.Cl. The minimum atomic E-state index is 0. The molecule has 1 fully saturated rings. The molecule has 0 aromatic carbocycles. The summed E-state index contributed by atoms with van der Waals surface area (Å²) in [6.07, 6.45) is 3.57. The van der Waals surface area contributed by atoms with Crippen molar-refractivity contribution in [2.24, 2.45) is 11.7 Å². The number of aromatic nitrogens is 1. The van der Waals surface area contributed by atoms with E-state index in [1.54, 1.807) is 11.3 Å². The second-order valence-electron chi connectivity index (χ2n) is 5.06. The molecule has 0 bridgehead atoms. The summed E-state index contributed by atoms with van der Waals surface area (Å²) < 4.78 is 0. The van der Waals surface area contributed by atoms with Crippen LogP contribution < -0.4 is 11.1 Å². The van der Waals surface area contributed by atoms with Crippen molar-refractivity contribution in [2.45, 2.75) is 45.6 Å². The number of carbonyl (C=O) groups is 1. The first-order valence-electron chi connectivity index (χ1n) is 6.52. The molecule has 3 N–H and O–H groups in total. The zero-order chi connectivity index (χ0) is 13.1. The summed E-state index contributed by atoms with van der Waals surface area (Å²) in [7, 11) is 0. The summed E-state index contributed by atoms with van der Waals surface area (Å²) in [5.74, 6) is 0.285. The summed E-state index contributed by atoms with van der Waals surface area (Å²) in [6.45, 7) is 4.78. The topological polar surface area (TPSA) is 68.0 Å². The number of nitrogens with two attached hydrogens (primary N) is 1. The molecule has 2 rings (SSSR count). The molecule has 1 aromatic heterocycles. The van der Waals surface area contributed by atoms with Crippen LogP contribution in [0.4, 0.5) is 0 Å². The molecule has 1 saturated carbocycles. The molecule has 2 atom stereocenters. The maximum absolute atomic E-state index is 11.9. The van der Waals surface area contributed by atoms with Crippen molar-refractivity contribution < 1.29 is 4.79 Å². The zero-order valence-corrected chi connectivity index (χ0v) is 14.3. The Kier molecular flexibility index (Phi) is 8.66. The van der Waals surface area contributed by atoms with E-state index in [4.69, 9.17) is 5.73 Å². The number of hydrogen-bond donors (Lipinski definition) is 2. The minimum absolute atomic E-state index is 0. The van der Waals surface area contributed by atoms with Gasteiger partial charge >= 0.3 is 0 Å². The molecular formula is C13H23Cl2N3OS. The predicted octanol–water partition coefficient (Wildman–Crippen LogP) is 2.39. The molecule has 4 nitrogen and oxygen atoms in total. The fraction of sp³-hybridized carbons (Fsp3) is 0.692. The Bertz CT molecular complexity index is 420. The maximum Gasteiger partial charge on any atom is 0.223 e. The van der Waals surface area contributed by atoms with Crippen LogP contribution in [0.25, 0.3) is 0 Å². The van der Waals surface area contributed by atoms with Gasteiger partial charge in [-0.25, -0.2) is 4.98 Å². The van der Waals surface area contributed by atoms with Gasteiger partial charge in [-0.2, -0.15) is 0 Å². The van der Waals surface area contributed by atoms with E-state index in [0.717, 1.165) is 36.4 Å². The molecule has 2 unspecified atom stereocenters. The third-order valence-electron chi connectivity index (χ3n) is 3.55. The number of thiazole rings is 1. The summed E-state index contributed by atoms with van der Waals surface area (Å²) in [5, 5.41) is 4.10. The van der Waals surface area contributed by atoms with E-state index >= 15 is 0 Å². The number of halogens is 2. The van der Waals surface area contributed by atoms with Crippen LogP contribution in [0.5, 0.6) is 0 Å². The van der Waals surface area contributed by atoms with Crippen LogP contribution in [0, 0.1) is 19.8 Å². The van der Waals surface area contributed by atoms with E-state index in [2.05, 4.69) is 17.2 Å². The summed E-state index contributed by atoms with van der Waals surface area (Å²) >= 11 is 1.72. The Balaban J connectivity index is 0.00000180. The van der Waals surface area contributed by atoms with Crippen LogP contribution in [0.1, 0.15) is 34.8 Å². The van der Waals surface area contributed by atoms with Gasteiger partial charge in [-0.1, -0.05) is 0 Å². The summed E-state index contributed by atoms with van der Waals surface area (Å²) in [4.78, 5) is 17.6. The van der Waals surface area contributed by atoms with Gasteiger partial charge in [0.1, 0.15) is 0 Å². The first kappa shape index (κ1) is 19.6. The van der Waals surface area contributed by atoms with Gasteiger partial charge in [-0.15, -0.1) is 36.2 Å². The van der Waals surface area contributed by atoms with Crippen molar-refractivity contribution >= 4 is 42.1 Å². The fourth-order valence-corrected chi connectivity index (χ4v) is 3.27. The zero-order valence-electron chi connectivity index (χ0n) is 11.8. The Labute approximate surface area is 136 Å². The Morgan fingerprint density at radius 3 is 2.60 bits per heavy atom. The fourth-order valence-electron chi connectivity index (χ4n) is 2.34. The number of aryl methyl sites for hydroxylation is 2. The molecule has 20 heavy (non-hydrogen) atoms. The molecule has 116 valence electrons. The number of nitrogens with one attached hydrogen (secondary N) is 1. The molecule has 0 aliphatic heterocycles. The van der Waals surface area contributed by atoms with Crippen LogP contribution >= 0.6 is 36.2 Å². The van der Waals surface area contributed by atoms with Crippen molar-refractivity contribution in [1.29, 1.82) is 0 Å². The van der Waals surface area contributed by atoms with Gasteiger partial charge in [0.15, 0.2) is 0 Å². The molecule has 1 amide bonds. The van der Waals surface area contributed by atoms with Crippen LogP contribution in [0.2, 0.25) is 0 Å². The van der Waals surface area contributed by atoms with Crippen molar-refractivity contribution in [3.63, 3.8) is 0 Å². The van der Waals surface area contributed by atoms with Crippen molar-refractivity contribution in [3.05, 3.63) is 15.6 Å². The van der Waals surface area contributed by atoms with Gasteiger partial charge in [0, 0.05) is 29.8 Å². The van der Waals surface area contributed by atoms with Gasteiger partial charge in [-0.05, 0) is 33.1 Å². The number of nitrogens with zero attached hydrogens (tertiary/aromatic N) is 1. The molecular weight excluding hydrogens is 317 g/mol. The molecule has 0 spiro atoms. The number of hydrogen-bond acceptors (Lipinski definition) is 4. The van der Waals surface area contributed by atoms with Gasteiger partial charge in [0.05, 0.1) is 10.7 Å². The Hall–Kier alpha value is -0.360. The monoisotopic (exact) mass is 339 g/mol. The lowest BCUT2D eigenvalue weighted by Crippen LogP contribution is -2.31. The van der Waals surface area contributed by atoms with Gasteiger partial charge in [-0.3, -0.25) is 4.79 Å². The highest BCUT2D eigenvalue weighted by Crippen LogP contribution is 2.24. The highest BCUT2D eigenvalue weighted by atomic mass is 35.5. The van der Waals surface area contributed by atoms with Crippen LogP contribution in [0.15, 0.2) is 0 Å². The summed E-state index contributed by atoms with van der Waals surface area (Å²) in [5.41, 5.74) is 6.91. The molecule has 1 aromatic rings. The Morgan fingerprint density at radius 2 is 2.10 bits per heavy atom. The van der Waals surface area contributed by atoms with Crippen LogP contribution in [-0.2, 0) is 11.2 Å². The van der Waals surface area contributed by atoms with E-state index in [-0.39, 0.29) is 42.7 Å². The summed E-state index contributed by atoms with van der Waals surface area (Å²) in [6, 6.07) is 0.213. The molecule has 7 heteroatoms. The molecule has 1 aliphatic carbocycles. The average molecular weight is 340 g/mol. The number of rotatable bonds is 4. The standard InChI is InChI=1S/C13H21N3OS.2ClH/c1-8-9(2)18-12(16-8)5-6-15-13(17)10-3-4-11(14)7-10;;/h10-11H,3-7,14H2,1-2H3,(H,15,17);2*1H. The first-order valence-corrected chi connectivity index (χ1v) is 7.34. The van der Waals surface area contributed by atoms with E-state index in [1.807, 2.05) is 6.92 Å².